The van der Waals surface area contributed by atoms with E-state index in [9.17, 15) is 4.79 Å². The summed E-state index contributed by atoms with van der Waals surface area (Å²) in [5.74, 6) is 1.07. The lowest BCUT2D eigenvalue weighted by Gasteiger charge is -2.33. The van der Waals surface area contributed by atoms with E-state index in [1.807, 2.05) is 0 Å². The molecule has 3 heterocycles. The van der Waals surface area contributed by atoms with Gasteiger partial charge in [-0.2, -0.15) is 0 Å². The minimum absolute atomic E-state index is 0.171. The van der Waals surface area contributed by atoms with Crippen LogP contribution in [0.4, 0.5) is 5.82 Å². The maximum atomic E-state index is 12.3. The van der Waals surface area contributed by atoms with E-state index < -0.39 is 0 Å². The first-order chi connectivity index (χ1) is 12.3. The maximum absolute atomic E-state index is 12.3. The number of nitrogens with one attached hydrogen (secondary N) is 2. The number of H-pyrrole nitrogens is 1. The van der Waals surface area contributed by atoms with Crippen LogP contribution in [0.1, 0.15) is 44.9 Å². The first-order valence-electron chi connectivity index (χ1n) is 9.16. The fourth-order valence-corrected chi connectivity index (χ4v) is 3.78. The van der Waals surface area contributed by atoms with E-state index in [-0.39, 0.29) is 11.9 Å². The molecule has 0 saturated carbocycles. The summed E-state index contributed by atoms with van der Waals surface area (Å²) in [6, 6.07) is 0.257. The van der Waals surface area contributed by atoms with Crippen molar-refractivity contribution in [2.24, 2.45) is 0 Å². The summed E-state index contributed by atoms with van der Waals surface area (Å²) in [5.41, 5.74) is 2.89. The molecule has 1 saturated heterocycles. The summed E-state index contributed by atoms with van der Waals surface area (Å²) in [7, 11) is 0. The van der Waals surface area contributed by atoms with Crippen LogP contribution < -0.4 is 10.2 Å². The minimum Gasteiger partial charge on any atom is -0.355 e. The van der Waals surface area contributed by atoms with Gasteiger partial charge in [0.25, 0.3) is 0 Å². The smallest absolute Gasteiger partial charge is 0.224 e. The Balaban J connectivity index is 1.31. The van der Waals surface area contributed by atoms with Crippen LogP contribution in [0.15, 0.2) is 24.3 Å². The molecule has 0 unspecified atom stereocenters. The van der Waals surface area contributed by atoms with Gasteiger partial charge in [0.2, 0.25) is 5.91 Å². The fourth-order valence-electron chi connectivity index (χ4n) is 3.78. The number of anilines is 1. The number of piperidine rings is 1. The molecule has 132 valence electrons. The largest absolute Gasteiger partial charge is 0.355 e. The summed E-state index contributed by atoms with van der Waals surface area (Å²) in [6.07, 6.45) is 12.6. The molecule has 2 N–H and O–H groups in total. The second-order valence-corrected chi connectivity index (χ2v) is 6.91. The Kier molecular flexibility index (Phi) is 4.63. The highest BCUT2D eigenvalue weighted by atomic mass is 16.1. The number of aromatic nitrogens is 4. The summed E-state index contributed by atoms with van der Waals surface area (Å²) in [5, 5.41) is 3.21. The number of aromatic amines is 1. The highest BCUT2D eigenvalue weighted by Gasteiger charge is 2.23. The van der Waals surface area contributed by atoms with Crippen LogP contribution in [0, 0.1) is 0 Å². The molecule has 2 aromatic rings. The molecular formula is C18H24N6O. The average Bonchev–Trinajstić information content (AvgIpc) is 3.12. The Labute approximate surface area is 146 Å². The van der Waals surface area contributed by atoms with Crippen LogP contribution in [0.25, 0.3) is 11.2 Å². The van der Waals surface area contributed by atoms with Crippen LogP contribution in [-0.2, 0) is 4.79 Å². The Morgan fingerprint density at radius 3 is 2.92 bits per heavy atom. The number of carbonyl (C=O) groups excluding carboxylic acids is 1. The van der Waals surface area contributed by atoms with Crippen LogP contribution in [0.2, 0.25) is 0 Å². The van der Waals surface area contributed by atoms with E-state index in [2.05, 4.69) is 36.2 Å². The zero-order chi connectivity index (χ0) is 17.1. The lowest BCUT2D eigenvalue weighted by molar-refractivity contribution is -0.121. The Bertz CT molecular complexity index is 775. The molecule has 1 fully saturated rings. The molecule has 0 spiro atoms. The van der Waals surface area contributed by atoms with Gasteiger partial charge in [-0.1, -0.05) is 11.6 Å². The summed E-state index contributed by atoms with van der Waals surface area (Å²) < 4.78 is 0. The average molecular weight is 340 g/mol. The van der Waals surface area contributed by atoms with Gasteiger partial charge in [-0.15, -0.1) is 0 Å². The molecule has 4 rings (SSSR count). The first kappa shape index (κ1) is 16.1. The lowest BCUT2D eigenvalue weighted by Crippen LogP contribution is -2.45. The van der Waals surface area contributed by atoms with Gasteiger partial charge in [0, 0.05) is 25.6 Å². The van der Waals surface area contributed by atoms with Crippen LogP contribution in [0.5, 0.6) is 0 Å². The van der Waals surface area contributed by atoms with Gasteiger partial charge in [0.15, 0.2) is 11.5 Å². The highest BCUT2D eigenvalue weighted by molar-refractivity contribution is 5.82. The number of hydrogen-bond donors (Lipinski definition) is 2. The number of rotatable bonds is 4. The molecule has 0 atom stereocenters. The predicted octanol–water partition coefficient (Wildman–Crippen LogP) is 2.33. The maximum Gasteiger partial charge on any atom is 0.224 e. The van der Waals surface area contributed by atoms with Crippen molar-refractivity contribution in [1.82, 2.24) is 25.3 Å². The number of carbonyl (C=O) groups is 1. The molecule has 1 aliphatic carbocycles. The quantitative estimate of drug-likeness (QED) is 0.834. The molecule has 1 aliphatic heterocycles. The number of amides is 1. The van der Waals surface area contributed by atoms with Crippen LogP contribution in [-0.4, -0.2) is 45.0 Å². The van der Waals surface area contributed by atoms with Crippen LogP contribution >= 0.6 is 0 Å². The van der Waals surface area contributed by atoms with E-state index in [1.165, 1.54) is 18.4 Å². The summed E-state index contributed by atoms with van der Waals surface area (Å²) >= 11 is 0. The molecule has 0 aromatic carbocycles. The van der Waals surface area contributed by atoms with Gasteiger partial charge in [-0.05, 0) is 38.5 Å². The highest BCUT2D eigenvalue weighted by Crippen LogP contribution is 2.24. The SMILES string of the molecule is O=C(CC1=CCCCC1)NC1CCN(c2ncnc3nc[nH]c23)CC1. The van der Waals surface area contributed by atoms with Crippen LogP contribution in [0.3, 0.4) is 0 Å². The second kappa shape index (κ2) is 7.21. The van der Waals surface area contributed by atoms with E-state index >= 15 is 0 Å². The number of fused-ring (bicyclic) bond motifs is 1. The van der Waals surface area contributed by atoms with Gasteiger partial charge in [0.05, 0.1) is 6.33 Å². The number of hydrogen-bond acceptors (Lipinski definition) is 5. The normalized spacial score (nSPS) is 19.0. The molecule has 2 aromatic heterocycles. The molecular weight excluding hydrogens is 316 g/mol. The van der Waals surface area contributed by atoms with Crippen molar-refractivity contribution in [2.45, 2.75) is 51.0 Å². The Hall–Kier alpha value is -2.44. The van der Waals surface area contributed by atoms with Crippen molar-refractivity contribution < 1.29 is 4.79 Å². The van der Waals surface area contributed by atoms with Gasteiger partial charge in [-0.3, -0.25) is 4.79 Å². The first-order valence-corrected chi connectivity index (χ1v) is 9.16. The van der Waals surface area contributed by atoms with Gasteiger partial charge < -0.3 is 15.2 Å². The number of nitrogens with zero attached hydrogens (tertiary/aromatic N) is 4. The van der Waals surface area contributed by atoms with Crippen molar-refractivity contribution >= 4 is 22.9 Å². The molecule has 0 radical (unpaired) electrons. The third-order valence-electron chi connectivity index (χ3n) is 5.14. The van der Waals surface area contributed by atoms with Crippen molar-refractivity contribution in [3.63, 3.8) is 0 Å². The molecule has 25 heavy (non-hydrogen) atoms. The third kappa shape index (κ3) is 3.65. The summed E-state index contributed by atoms with van der Waals surface area (Å²) in [6.45, 7) is 1.75. The second-order valence-electron chi connectivity index (χ2n) is 6.91. The monoisotopic (exact) mass is 340 g/mol. The number of allylic oxidation sites excluding steroid dienone is 1. The van der Waals surface area contributed by atoms with E-state index in [1.54, 1.807) is 12.7 Å². The van der Waals surface area contributed by atoms with Crippen molar-refractivity contribution in [3.8, 4) is 0 Å². The fraction of sp³-hybridized carbons (Fsp3) is 0.556. The van der Waals surface area contributed by atoms with Crippen molar-refractivity contribution in [1.29, 1.82) is 0 Å². The standard InChI is InChI=1S/C18H24N6O/c25-15(10-13-4-2-1-3-5-13)23-14-6-8-24(9-7-14)18-16-17(20-11-19-16)21-12-22-18/h4,11-12,14H,1-3,5-10H2,(H,23,25)(H,19,20,21,22). The van der Waals surface area contributed by atoms with Gasteiger partial charge >= 0.3 is 0 Å². The molecule has 1 amide bonds. The van der Waals surface area contributed by atoms with Gasteiger partial charge in [-0.25, -0.2) is 15.0 Å². The van der Waals surface area contributed by atoms with E-state index in [0.29, 0.717) is 12.1 Å². The summed E-state index contributed by atoms with van der Waals surface area (Å²) in [4.78, 5) is 30.4. The number of imidazole rings is 1. The third-order valence-corrected chi connectivity index (χ3v) is 5.14. The Morgan fingerprint density at radius 1 is 1.24 bits per heavy atom. The van der Waals surface area contributed by atoms with Crippen molar-refractivity contribution in [3.05, 3.63) is 24.3 Å². The molecule has 7 nitrogen and oxygen atoms in total. The lowest BCUT2D eigenvalue weighted by atomic mass is 9.96. The van der Waals surface area contributed by atoms with E-state index in [4.69, 9.17) is 0 Å². The minimum atomic E-state index is 0.171. The molecule has 7 heteroatoms. The molecule has 0 bridgehead atoms. The molecule has 2 aliphatic rings. The topological polar surface area (TPSA) is 86.8 Å². The van der Waals surface area contributed by atoms with Crippen molar-refractivity contribution in [2.75, 3.05) is 18.0 Å². The zero-order valence-electron chi connectivity index (χ0n) is 14.4. The Morgan fingerprint density at radius 2 is 2.12 bits per heavy atom. The van der Waals surface area contributed by atoms with Gasteiger partial charge in [0.1, 0.15) is 11.8 Å². The zero-order valence-corrected chi connectivity index (χ0v) is 14.4. The predicted molar refractivity (Wildman–Crippen MR) is 96.2 cm³/mol. The van der Waals surface area contributed by atoms with E-state index in [0.717, 1.165) is 50.1 Å².